The van der Waals surface area contributed by atoms with Crippen molar-refractivity contribution in [3.63, 3.8) is 0 Å². The van der Waals surface area contributed by atoms with Gasteiger partial charge in [-0.15, -0.1) is 0 Å². The molecule has 0 saturated carbocycles. The highest BCUT2D eigenvalue weighted by atomic mass is 16.5. The van der Waals surface area contributed by atoms with Crippen molar-refractivity contribution in [2.24, 2.45) is 0 Å². The molecule has 0 aromatic rings. The van der Waals surface area contributed by atoms with Crippen molar-refractivity contribution < 1.29 is 4.74 Å². The third-order valence-corrected chi connectivity index (χ3v) is 5.53. The minimum Gasteiger partial charge on any atom is -0.381 e. The molecule has 0 aliphatic rings. The van der Waals surface area contributed by atoms with E-state index < -0.39 is 0 Å². The molecule has 0 saturated heterocycles. The molecule has 0 aliphatic heterocycles. The summed E-state index contributed by atoms with van der Waals surface area (Å²) in [6.07, 6.45) is 29.9. The molecule has 0 aliphatic carbocycles. The Labute approximate surface area is 167 Å². The summed E-state index contributed by atoms with van der Waals surface area (Å²) in [6, 6.07) is 0. The Morgan fingerprint density at radius 3 is 0.923 bits per heavy atom. The van der Waals surface area contributed by atoms with Gasteiger partial charge in [-0.05, 0) is 12.8 Å². The van der Waals surface area contributed by atoms with E-state index in [-0.39, 0.29) is 0 Å². The van der Waals surface area contributed by atoms with Crippen molar-refractivity contribution in [1.82, 2.24) is 0 Å². The van der Waals surface area contributed by atoms with Crippen molar-refractivity contribution in [1.29, 1.82) is 0 Å². The third kappa shape index (κ3) is 24.0. The highest BCUT2D eigenvalue weighted by molar-refractivity contribution is 4.50. The van der Waals surface area contributed by atoms with E-state index in [9.17, 15) is 0 Å². The first-order valence-corrected chi connectivity index (χ1v) is 12.5. The molecule has 0 atom stereocenters. The van der Waals surface area contributed by atoms with Crippen LogP contribution in [0.1, 0.15) is 149 Å². The van der Waals surface area contributed by atoms with Crippen molar-refractivity contribution >= 4 is 0 Å². The van der Waals surface area contributed by atoms with Crippen molar-refractivity contribution in [2.45, 2.75) is 149 Å². The first-order valence-electron chi connectivity index (χ1n) is 12.5. The maximum Gasteiger partial charge on any atom is 0.0466 e. The van der Waals surface area contributed by atoms with Gasteiger partial charge in [-0.2, -0.15) is 0 Å². The average molecular weight is 369 g/mol. The molecule has 1 nitrogen and oxygen atoms in total. The molecule has 0 aromatic carbocycles. The zero-order chi connectivity index (χ0) is 19.0. The Balaban J connectivity index is 2.95. The van der Waals surface area contributed by atoms with E-state index in [4.69, 9.17) is 4.74 Å². The van der Waals surface area contributed by atoms with Gasteiger partial charge >= 0.3 is 0 Å². The van der Waals surface area contributed by atoms with Crippen molar-refractivity contribution in [3.8, 4) is 0 Å². The SMILES string of the molecule is CCCCCCCCCCCCCCCCCCCCCOCCCC. The second-order valence-corrected chi connectivity index (χ2v) is 8.33. The molecule has 0 unspecified atom stereocenters. The zero-order valence-corrected chi connectivity index (χ0v) is 18.7. The fourth-order valence-electron chi connectivity index (χ4n) is 3.63. The summed E-state index contributed by atoms with van der Waals surface area (Å²) in [5, 5.41) is 0. The molecule has 26 heavy (non-hydrogen) atoms. The highest BCUT2D eigenvalue weighted by Gasteiger charge is 1.95. The molecular weight excluding hydrogens is 316 g/mol. The lowest BCUT2D eigenvalue weighted by Crippen LogP contribution is -1.96. The van der Waals surface area contributed by atoms with Crippen LogP contribution >= 0.6 is 0 Å². The normalized spacial score (nSPS) is 11.3. The monoisotopic (exact) mass is 368 g/mol. The van der Waals surface area contributed by atoms with Crippen LogP contribution < -0.4 is 0 Å². The maximum atomic E-state index is 5.61. The van der Waals surface area contributed by atoms with E-state index in [0.29, 0.717) is 0 Å². The summed E-state index contributed by atoms with van der Waals surface area (Å²) < 4.78 is 5.61. The second kappa shape index (κ2) is 25.0. The largest absolute Gasteiger partial charge is 0.381 e. The number of ether oxygens (including phenoxy) is 1. The van der Waals surface area contributed by atoms with Crippen LogP contribution in [-0.4, -0.2) is 13.2 Å². The summed E-state index contributed by atoms with van der Waals surface area (Å²) in [6.45, 7) is 6.47. The molecule has 0 fully saturated rings. The zero-order valence-electron chi connectivity index (χ0n) is 18.7. The third-order valence-electron chi connectivity index (χ3n) is 5.53. The van der Waals surface area contributed by atoms with Crippen LogP contribution in [0.3, 0.4) is 0 Å². The highest BCUT2D eigenvalue weighted by Crippen LogP contribution is 2.14. The lowest BCUT2D eigenvalue weighted by molar-refractivity contribution is 0.127. The first kappa shape index (κ1) is 26.0. The van der Waals surface area contributed by atoms with Gasteiger partial charge in [0.05, 0.1) is 0 Å². The average Bonchev–Trinajstić information content (AvgIpc) is 2.66. The van der Waals surface area contributed by atoms with Crippen LogP contribution in [0, 0.1) is 0 Å². The summed E-state index contributed by atoms with van der Waals surface area (Å²) in [4.78, 5) is 0. The predicted octanol–water partition coefficient (Wildman–Crippen LogP) is 9.23. The van der Waals surface area contributed by atoms with Gasteiger partial charge in [-0.1, -0.05) is 136 Å². The van der Waals surface area contributed by atoms with Gasteiger partial charge in [0, 0.05) is 13.2 Å². The molecule has 0 radical (unpaired) electrons. The van der Waals surface area contributed by atoms with E-state index in [2.05, 4.69) is 13.8 Å². The van der Waals surface area contributed by atoms with Crippen LogP contribution in [0.4, 0.5) is 0 Å². The fraction of sp³-hybridized carbons (Fsp3) is 1.00. The molecule has 0 N–H and O–H groups in total. The molecule has 1 heteroatoms. The Hall–Kier alpha value is -0.0400. The van der Waals surface area contributed by atoms with E-state index >= 15 is 0 Å². The van der Waals surface area contributed by atoms with Gasteiger partial charge in [-0.3, -0.25) is 0 Å². The number of hydrogen-bond acceptors (Lipinski definition) is 1. The van der Waals surface area contributed by atoms with E-state index in [0.717, 1.165) is 13.2 Å². The Morgan fingerprint density at radius 2 is 0.577 bits per heavy atom. The van der Waals surface area contributed by atoms with E-state index in [1.165, 1.54) is 135 Å². The number of unbranched alkanes of at least 4 members (excludes halogenated alkanes) is 19. The fourth-order valence-corrected chi connectivity index (χ4v) is 3.63. The smallest absolute Gasteiger partial charge is 0.0466 e. The van der Waals surface area contributed by atoms with Gasteiger partial charge in [-0.25, -0.2) is 0 Å². The Bertz CT molecular complexity index is 202. The summed E-state index contributed by atoms with van der Waals surface area (Å²) in [5.74, 6) is 0. The Morgan fingerprint density at radius 1 is 0.308 bits per heavy atom. The van der Waals surface area contributed by atoms with Crippen molar-refractivity contribution in [3.05, 3.63) is 0 Å². The predicted molar refractivity (Wildman–Crippen MR) is 119 cm³/mol. The van der Waals surface area contributed by atoms with Gasteiger partial charge in [0.25, 0.3) is 0 Å². The standard InChI is InChI=1S/C25H52O/c1-3-5-7-8-9-10-11-12-13-14-15-16-17-18-19-20-21-22-23-25-26-24-6-4-2/h3-25H2,1-2H3. The summed E-state index contributed by atoms with van der Waals surface area (Å²) in [5.41, 5.74) is 0. The van der Waals surface area contributed by atoms with Gasteiger partial charge < -0.3 is 4.74 Å². The van der Waals surface area contributed by atoms with Crippen LogP contribution in [0.15, 0.2) is 0 Å². The minimum absolute atomic E-state index is 0.968. The quantitative estimate of drug-likeness (QED) is 0.163. The first-order chi connectivity index (χ1) is 12.9. The van der Waals surface area contributed by atoms with Crippen LogP contribution in [0.2, 0.25) is 0 Å². The number of rotatable bonds is 23. The summed E-state index contributed by atoms with van der Waals surface area (Å²) >= 11 is 0. The molecule has 0 spiro atoms. The minimum atomic E-state index is 0.968. The maximum absolute atomic E-state index is 5.61. The van der Waals surface area contributed by atoms with Crippen LogP contribution in [-0.2, 0) is 4.74 Å². The topological polar surface area (TPSA) is 9.23 Å². The number of hydrogen-bond donors (Lipinski definition) is 0. The van der Waals surface area contributed by atoms with E-state index in [1.807, 2.05) is 0 Å². The van der Waals surface area contributed by atoms with Gasteiger partial charge in [0.2, 0.25) is 0 Å². The lowest BCUT2D eigenvalue weighted by Gasteiger charge is -2.04. The van der Waals surface area contributed by atoms with Gasteiger partial charge in [0.15, 0.2) is 0 Å². The van der Waals surface area contributed by atoms with E-state index in [1.54, 1.807) is 0 Å². The molecule has 0 aromatic heterocycles. The molecule has 158 valence electrons. The van der Waals surface area contributed by atoms with Gasteiger partial charge in [0.1, 0.15) is 0 Å². The van der Waals surface area contributed by atoms with Crippen LogP contribution in [0.5, 0.6) is 0 Å². The molecular formula is C25H52O. The molecule has 0 bridgehead atoms. The summed E-state index contributed by atoms with van der Waals surface area (Å²) in [7, 11) is 0. The molecule has 0 rings (SSSR count). The Kier molecular flexibility index (Phi) is 24.9. The van der Waals surface area contributed by atoms with Crippen LogP contribution in [0.25, 0.3) is 0 Å². The lowest BCUT2D eigenvalue weighted by atomic mass is 10.0. The molecule has 0 heterocycles. The molecule has 0 amide bonds. The van der Waals surface area contributed by atoms with Crippen molar-refractivity contribution in [2.75, 3.05) is 13.2 Å². The second-order valence-electron chi connectivity index (χ2n) is 8.33.